The molecule has 108 valence electrons. The molecule has 1 aromatic carbocycles. The molecule has 1 aliphatic rings. The van der Waals surface area contributed by atoms with Crippen molar-refractivity contribution < 1.29 is 4.39 Å². The Bertz CT molecular complexity index is 424. The first kappa shape index (κ1) is 17.3. The summed E-state index contributed by atoms with van der Waals surface area (Å²) in [5.41, 5.74) is 0.665. The lowest BCUT2D eigenvalue weighted by Gasteiger charge is -2.34. The summed E-state index contributed by atoms with van der Waals surface area (Å²) in [6, 6.07) is 2.89. The Morgan fingerprint density at radius 1 is 1.21 bits per heavy atom. The molecular weight excluding hydrogens is 333 g/mol. The van der Waals surface area contributed by atoms with Crippen molar-refractivity contribution >= 4 is 47.2 Å². The third-order valence-corrected chi connectivity index (χ3v) is 4.15. The molecule has 1 aliphatic heterocycles. The zero-order valence-electron chi connectivity index (χ0n) is 10.1. The highest BCUT2D eigenvalue weighted by Gasteiger charge is 2.25. The molecule has 7 heteroatoms. The van der Waals surface area contributed by atoms with Crippen LogP contribution in [-0.2, 0) is 0 Å². The fourth-order valence-electron chi connectivity index (χ4n) is 2.19. The number of halogens is 5. The van der Waals surface area contributed by atoms with E-state index >= 15 is 0 Å². The zero-order valence-corrected chi connectivity index (χ0v) is 13.2. The van der Waals surface area contributed by atoms with Gasteiger partial charge in [0.15, 0.2) is 0 Å². The standard InChI is InChI=1S/C12H14Cl3FN2.ClH/c13-8-5-9(12(15)10(14)6-8)11(7-16)18-3-1-17-2-4-18;/h5-6,11,17H,1-4,7H2;1H/t11-;/m0./s1. The van der Waals surface area contributed by atoms with Gasteiger partial charge in [-0.05, 0) is 17.7 Å². The third-order valence-electron chi connectivity index (χ3n) is 3.12. The van der Waals surface area contributed by atoms with Crippen molar-refractivity contribution in [3.8, 4) is 0 Å². The quantitative estimate of drug-likeness (QED) is 0.832. The van der Waals surface area contributed by atoms with Gasteiger partial charge in [-0.3, -0.25) is 4.90 Å². The van der Waals surface area contributed by atoms with E-state index in [1.807, 2.05) is 0 Å². The van der Waals surface area contributed by atoms with Crippen LogP contribution in [0.15, 0.2) is 12.1 Å². The molecule has 1 heterocycles. The second-order valence-corrected chi connectivity index (χ2v) is 5.47. The van der Waals surface area contributed by atoms with Gasteiger partial charge in [0, 0.05) is 31.2 Å². The molecule has 0 unspecified atom stereocenters. The Morgan fingerprint density at radius 2 is 1.84 bits per heavy atom. The van der Waals surface area contributed by atoms with Crippen LogP contribution < -0.4 is 5.32 Å². The van der Waals surface area contributed by atoms with Crippen LogP contribution in [0.5, 0.6) is 0 Å². The highest BCUT2D eigenvalue weighted by atomic mass is 35.5. The first-order valence-electron chi connectivity index (χ1n) is 5.78. The van der Waals surface area contributed by atoms with Gasteiger partial charge >= 0.3 is 0 Å². The van der Waals surface area contributed by atoms with Crippen LogP contribution in [-0.4, -0.2) is 37.8 Å². The lowest BCUT2D eigenvalue weighted by atomic mass is 10.1. The summed E-state index contributed by atoms with van der Waals surface area (Å²) in [7, 11) is 0. The summed E-state index contributed by atoms with van der Waals surface area (Å²) in [5, 5.41) is 4.47. The second kappa shape index (κ2) is 7.87. The van der Waals surface area contributed by atoms with E-state index in [1.54, 1.807) is 12.1 Å². The van der Waals surface area contributed by atoms with Crippen molar-refractivity contribution in [2.45, 2.75) is 6.04 Å². The molecule has 1 saturated heterocycles. The van der Waals surface area contributed by atoms with E-state index in [9.17, 15) is 4.39 Å². The zero-order chi connectivity index (χ0) is 13.1. The number of hydrogen-bond donors (Lipinski definition) is 1. The molecule has 0 radical (unpaired) electrons. The summed E-state index contributed by atoms with van der Waals surface area (Å²) in [6.07, 6.45) is 0. The summed E-state index contributed by atoms with van der Waals surface area (Å²) in [4.78, 5) is 2.06. The fourth-order valence-corrected chi connectivity index (χ4v) is 2.93. The summed E-state index contributed by atoms with van der Waals surface area (Å²) >= 11 is 18.1. The smallest absolute Gasteiger partial charge is 0.109 e. The van der Waals surface area contributed by atoms with Crippen molar-refractivity contribution in [2.24, 2.45) is 0 Å². The molecule has 0 saturated carbocycles. The van der Waals surface area contributed by atoms with E-state index in [1.165, 1.54) is 0 Å². The number of alkyl halides is 1. The molecular formula is C12H15Cl4FN2. The predicted molar refractivity (Wildman–Crippen MR) is 81.9 cm³/mol. The van der Waals surface area contributed by atoms with Gasteiger partial charge in [-0.1, -0.05) is 34.8 Å². The van der Waals surface area contributed by atoms with Gasteiger partial charge in [-0.15, -0.1) is 12.4 Å². The Kier molecular flexibility index (Phi) is 7.15. The van der Waals surface area contributed by atoms with Crippen molar-refractivity contribution in [2.75, 3.05) is 32.9 Å². The average molecular weight is 348 g/mol. The predicted octanol–water partition coefficient (Wildman–Crippen LogP) is 3.98. The topological polar surface area (TPSA) is 15.3 Å². The molecule has 2 rings (SSSR count). The van der Waals surface area contributed by atoms with E-state index in [4.69, 9.17) is 34.8 Å². The van der Waals surface area contributed by atoms with Crippen molar-refractivity contribution in [1.29, 1.82) is 0 Å². The maximum Gasteiger partial charge on any atom is 0.109 e. The van der Waals surface area contributed by atoms with Gasteiger partial charge in [0.05, 0.1) is 16.1 Å². The molecule has 0 aliphatic carbocycles. The number of benzene rings is 1. The van der Waals surface area contributed by atoms with Crippen molar-refractivity contribution in [3.05, 3.63) is 32.8 Å². The number of nitrogens with one attached hydrogen (secondary N) is 1. The van der Waals surface area contributed by atoms with E-state index in [0.717, 1.165) is 26.2 Å². The molecule has 19 heavy (non-hydrogen) atoms. The van der Waals surface area contributed by atoms with Crippen LogP contribution in [0.1, 0.15) is 11.6 Å². The van der Waals surface area contributed by atoms with Gasteiger partial charge in [-0.25, -0.2) is 4.39 Å². The van der Waals surface area contributed by atoms with Crippen LogP contribution in [0.4, 0.5) is 4.39 Å². The Labute approximate surface area is 133 Å². The van der Waals surface area contributed by atoms with E-state index in [-0.39, 0.29) is 18.4 Å². The van der Waals surface area contributed by atoms with Crippen LogP contribution in [0.2, 0.25) is 15.1 Å². The molecule has 0 aromatic heterocycles. The van der Waals surface area contributed by atoms with Gasteiger partial charge < -0.3 is 5.32 Å². The molecule has 0 bridgehead atoms. The largest absolute Gasteiger partial charge is 0.314 e. The second-order valence-electron chi connectivity index (χ2n) is 4.25. The molecule has 0 amide bonds. The highest BCUT2D eigenvalue weighted by molar-refractivity contribution is 6.43. The molecule has 0 spiro atoms. The lowest BCUT2D eigenvalue weighted by Crippen LogP contribution is -2.45. The normalized spacial score (nSPS) is 17.9. The average Bonchev–Trinajstić information content (AvgIpc) is 2.37. The van der Waals surface area contributed by atoms with E-state index in [2.05, 4.69) is 10.2 Å². The van der Waals surface area contributed by atoms with E-state index in [0.29, 0.717) is 20.6 Å². The minimum absolute atomic E-state index is 0. The molecule has 1 N–H and O–H groups in total. The Morgan fingerprint density at radius 3 is 2.42 bits per heavy atom. The monoisotopic (exact) mass is 346 g/mol. The summed E-state index contributed by atoms with van der Waals surface area (Å²) in [5.74, 6) is 0. The van der Waals surface area contributed by atoms with Gasteiger partial charge in [0.25, 0.3) is 0 Å². The minimum atomic E-state index is -0.504. The Hall–Kier alpha value is 0.230. The first-order chi connectivity index (χ1) is 8.63. The molecule has 1 atom stereocenters. The van der Waals surface area contributed by atoms with Crippen molar-refractivity contribution in [3.63, 3.8) is 0 Å². The van der Waals surface area contributed by atoms with Gasteiger partial charge in [0.1, 0.15) is 6.67 Å². The van der Waals surface area contributed by atoms with Gasteiger partial charge in [0.2, 0.25) is 0 Å². The van der Waals surface area contributed by atoms with Crippen LogP contribution >= 0.6 is 47.2 Å². The Balaban J connectivity index is 0.00000180. The number of hydrogen-bond acceptors (Lipinski definition) is 2. The van der Waals surface area contributed by atoms with Crippen LogP contribution in [0.25, 0.3) is 0 Å². The molecule has 2 nitrogen and oxygen atoms in total. The third kappa shape index (κ3) is 4.10. The van der Waals surface area contributed by atoms with Gasteiger partial charge in [-0.2, -0.15) is 0 Å². The molecule has 1 aromatic rings. The SMILES string of the molecule is Cl.FC[C@@H](c1cc(Cl)cc(Cl)c1Cl)N1CCNCC1. The first-order valence-corrected chi connectivity index (χ1v) is 6.92. The summed E-state index contributed by atoms with van der Waals surface area (Å²) in [6.45, 7) is 2.77. The maximum absolute atomic E-state index is 13.4. The lowest BCUT2D eigenvalue weighted by molar-refractivity contribution is 0.147. The maximum atomic E-state index is 13.4. The number of nitrogens with zero attached hydrogens (tertiary/aromatic N) is 1. The number of piperazine rings is 1. The highest BCUT2D eigenvalue weighted by Crippen LogP contribution is 2.36. The van der Waals surface area contributed by atoms with E-state index < -0.39 is 6.67 Å². The minimum Gasteiger partial charge on any atom is -0.314 e. The van der Waals surface area contributed by atoms with Crippen LogP contribution in [0.3, 0.4) is 0 Å². The summed E-state index contributed by atoms with van der Waals surface area (Å²) < 4.78 is 13.4. The fraction of sp³-hybridized carbons (Fsp3) is 0.500. The van der Waals surface area contributed by atoms with Crippen molar-refractivity contribution in [1.82, 2.24) is 10.2 Å². The van der Waals surface area contributed by atoms with Crippen LogP contribution in [0, 0.1) is 0 Å². The molecule has 1 fully saturated rings. The number of rotatable bonds is 3.